The maximum Gasteiger partial charge on any atom is 0.314 e. The van der Waals surface area contributed by atoms with Crippen molar-refractivity contribution in [3.63, 3.8) is 0 Å². The van der Waals surface area contributed by atoms with Gasteiger partial charge >= 0.3 is 11.8 Å². The summed E-state index contributed by atoms with van der Waals surface area (Å²) in [6, 6.07) is 12.1. The van der Waals surface area contributed by atoms with Gasteiger partial charge in [-0.2, -0.15) is 0 Å². The number of nitrogens with one attached hydrogen (secondary N) is 2. The van der Waals surface area contributed by atoms with Crippen LogP contribution in [0.4, 0.5) is 11.4 Å². The van der Waals surface area contributed by atoms with Crippen LogP contribution in [0.2, 0.25) is 5.02 Å². The van der Waals surface area contributed by atoms with Gasteiger partial charge in [0, 0.05) is 11.4 Å². The SMILES string of the molecule is CCc1ccccc1NC(=O)C(=O)Nc1ccc(OC)c(Cl)c1. The molecule has 0 aliphatic heterocycles. The number of ether oxygens (including phenoxy) is 1. The molecule has 0 aromatic heterocycles. The number of benzene rings is 2. The molecule has 0 aliphatic carbocycles. The average Bonchev–Trinajstić information content (AvgIpc) is 2.55. The fraction of sp³-hybridized carbons (Fsp3) is 0.176. The molecule has 0 saturated heterocycles. The summed E-state index contributed by atoms with van der Waals surface area (Å²) < 4.78 is 5.03. The molecule has 5 nitrogen and oxygen atoms in total. The summed E-state index contributed by atoms with van der Waals surface area (Å²) in [5.41, 5.74) is 2.00. The Bertz CT molecular complexity index is 732. The van der Waals surface area contributed by atoms with E-state index in [4.69, 9.17) is 16.3 Å². The zero-order chi connectivity index (χ0) is 16.8. The molecule has 0 aliphatic rings. The number of aryl methyl sites for hydroxylation is 1. The second-order valence-electron chi connectivity index (χ2n) is 4.77. The number of methoxy groups -OCH3 is 1. The molecule has 0 radical (unpaired) electrons. The highest BCUT2D eigenvalue weighted by molar-refractivity contribution is 6.43. The Balaban J connectivity index is 2.05. The van der Waals surface area contributed by atoms with Gasteiger partial charge in [0.25, 0.3) is 0 Å². The molecule has 0 bridgehead atoms. The fourth-order valence-electron chi connectivity index (χ4n) is 2.06. The number of hydrogen-bond donors (Lipinski definition) is 2. The molecule has 0 fully saturated rings. The van der Waals surface area contributed by atoms with Crippen LogP contribution in [0.25, 0.3) is 0 Å². The first-order valence-corrected chi connectivity index (χ1v) is 7.46. The lowest BCUT2D eigenvalue weighted by atomic mass is 10.1. The second kappa shape index (κ2) is 7.65. The molecule has 0 atom stereocenters. The van der Waals surface area contributed by atoms with Crippen molar-refractivity contribution in [3.05, 3.63) is 53.1 Å². The lowest BCUT2D eigenvalue weighted by Gasteiger charge is -2.10. The minimum Gasteiger partial charge on any atom is -0.495 e. The van der Waals surface area contributed by atoms with Gasteiger partial charge in [-0.05, 0) is 36.2 Å². The molecule has 0 heterocycles. The van der Waals surface area contributed by atoms with Crippen molar-refractivity contribution in [2.75, 3.05) is 17.7 Å². The van der Waals surface area contributed by atoms with Crippen LogP contribution in [0.15, 0.2) is 42.5 Å². The summed E-state index contributed by atoms with van der Waals surface area (Å²) in [5, 5.41) is 5.46. The van der Waals surface area contributed by atoms with Crippen molar-refractivity contribution in [1.29, 1.82) is 0 Å². The highest BCUT2D eigenvalue weighted by Crippen LogP contribution is 2.27. The van der Waals surface area contributed by atoms with Crippen molar-refractivity contribution in [2.45, 2.75) is 13.3 Å². The maximum absolute atomic E-state index is 12.0. The minimum absolute atomic E-state index is 0.349. The maximum atomic E-state index is 12.0. The summed E-state index contributed by atoms with van der Waals surface area (Å²) in [6.45, 7) is 1.98. The number of carbonyl (C=O) groups excluding carboxylic acids is 2. The van der Waals surface area contributed by atoms with Crippen LogP contribution in [0.5, 0.6) is 5.75 Å². The molecule has 2 aromatic rings. The third-order valence-electron chi connectivity index (χ3n) is 3.26. The van der Waals surface area contributed by atoms with E-state index >= 15 is 0 Å². The van der Waals surface area contributed by atoms with Gasteiger partial charge in [-0.25, -0.2) is 0 Å². The van der Waals surface area contributed by atoms with Gasteiger partial charge in [0.15, 0.2) is 0 Å². The second-order valence-corrected chi connectivity index (χ2v) is 5.18. The predicted molar refractivity (Wildman–Crippen MR) is 91.1 cm³/mol. The van der Waals surface area contributed by atoms with E-state index in [2.05, 4.69) is 10.6 Å². The standard InChI is InChI=1S/C17H17ClN2O3/c1-3-11-6-4-5-7-14(11)20-17(22)16(21)19-12-8-9-15(23-2)13(18)10-12/h4-10H,3H2,1-2H3,(H,19,21)(H,20,22). The van der Waals surface area contributed by atoms with E-state index in [1.165, 1.54) is 13.2 Å². The van der Waals surface area contributed by atoms with Crippen LogP contribution in [-0.2, 0) is 16.0 Å². The minimum atomic E-state index is -0.767. The van der Waals surface area contributed by atoms with Gasteiger partial charge in [-0.3, -0.25) is 9.59 Å². The van der Waals surface area contributed by atoms with E-state index < -0.39 is 11.8 Å². The normalized spacial score (nSPS) is 10.0. The van der Waals surface area contributed by atoms with E-state index in [0.29, 0.717) is 22.1 Å². The van der Waals surface area contributed by atoms with Crippen molar-refractivity contribution in [2.24, 2.45) is 0 Å². The molecule has 2 amide bonds. The first kappa shape index (κ1) is 16.8. The van der Waals surface area contributed by atoms with E-state index in [1.54, 1.807) is 24.3 Å². The largest absolute Gasteiger partial charge is 0.495 e. The summed E-state index contributed by atoms with van der Waals surface area (Å²) in [4.78, 5) is 24.0. The first-order chi connectivity index (χ1) is 11.0. The Labute approximate surface area is 139 Å². The molecule has 6 heteroatoms. The Kier molecular flexibility index (Phi) is 5.60. The molecular formula is C17H17ClN2O3. The molecule has 2 rings (SSSR count). The lowest BCUT2D eigenvalue weighted by molar-refractivity contribution is -0.133. The van der Waals surface area contributed by atoms with E-state index in [-0.39, 0.29) is 0 Å². The van der Waals surface area contributed by atoms with Crippen LogP contribution in [0, 0.1) is 0 Å². The molecule has 2 N–H and O–H groups in total. The van der Waals surface area contributed by atoms with Gasteiger partial charge in [0.1, 0.15) is 5.75 Å². The topological polar surface area (TPSA) is 67.4 Å². The van der Waals surface area contributed by atoms with E-state index in [0.717, 1.165) is 12.0 Å². The summed E-state index contributed by atoms with van der Waals surface area (Å²) in [5.74, 6) is -1.01. The van der Waals surface area contributed by atoms with Crippen LogP contribution in [-0.4, -0.2) is 18.9 Å². The zero-order valence-electron chi connectivity index (χ0n) is 12.9. The zero-order valence-corrected chi connectivity index (χ0v) is 13.6. The third-order valence-corrected chi connectivity index (χ3v) is 3.56. The molecule has 23 heavy (non-hydrogen) atoms. The monoisotopic (exact) mass is 332 g/mol. The molecule has 0 spiro atoms. The van der Waals surface area contributed by atoms with Crippen LogP contribution in [0.1, 0.15) is 12.5 Å². The highest BCUT2D eigenvalue weighted by Gasteiger charge is 2.15. The van der Waals surface area contributed by atoms with Crippen LogP contribution in [0.3, 0.4) is 0 Å². The average molecular weight is 333 g/mol. The van der Waals surface area contributed by atoms with Gasteiger partial charge in [-0.15, -0.1) is 0 Å². The number of para-hydroxylation sites is 1. The van der Waals surface area contributed by atoms with Gasteiger partial charge in [0.2, 0.25) is 0 Å². The number of amides is 2. The van der Waals surface area contributed by atoms with Gasteiger partial charge < -0.3 is 15.4 Å². The van der Waals surface area contributed by atoms with Crippen molar-refractivity contribution >= 4 is 34.8 Å². The summed E-state index contributed by atoms with van der Waals surface area (Å²) >= 11 is 5.99. The van der Waals surface area contributed by atoms with Crippen LogP contribution >= 0.6 is 11.6 Å². The van der Waals surface area contributed by atoms with Crippen molar-refractivity contribution in [3.8, 4) is 5.75 Å². The number of anilines is 2. The third kappa shape index (κ3) is 4.23. The Morgan fingerprint density at radius 3 is 2.43 bits per heavy atom. The molecular weight excluding hydrogens is 316 g/mol. The molecule has 2 aromatic carbocycles. The first-order valence-electron chi connectivity index (χ1n) is 7.09. The number of rotatable bonds is 4. The number of halogens is 1. The summed E-state index contributed by atoms with van der Waals surface area (Å²) in [6.07, 6.45) is 0.756. The smallest absolute Gasteiger partial charge is 0.314 e. The Morgan fingerprint density at radius 2 is 1.78 bits per heavy atom. The lowest BCUT2D eigenvalue weighted by Crippen LogP contribution is -2.29. The molecule has 120 valence electrons. The van der Waals surface area contributed by atoms with Crippen molar-refractivity contribution in [1.82, 2.24) is 0 Å². The van der Waals surface area contributed by atoms with E-state index in [1.807, 2.05) is 19.1 Å². The van der Waals surface area contributed by atoms with Crippen molar-refractivity contribution < 1.29 is 14.3 Å². The Hall–Kier alpha value is -2.53. The molecule has 0 unspecified atom stereocenters. The quantitative estimate of drug-likeness (QED) is 0.842. The van der Waals surface area contributed by atoms with E-state index in [9.17, 15) is 9.59 Å². The summed E-state index contributed by atoms with van der Waals surface area (Å²) in [7, 11) is 1.50. The van der Waals surface area contributed by atoms with Crippen LogP contribution < -0.4 is 15.4 Å². The molecule has 0 saturated carbocycles. The van der Waals surface area contributed by atoms with Gasteiger partial charge in [-0.1, -0.05) is 36.7 Å². The Morgan fingerprint density at radius 1 is 1.09 bits per heavy atom. The fourth-order valence-corrected chi connectivity index (χ4v) is 2.32. The number of hydrogen-bond acceptors (Lipinski definition) is 3. The van der Waals surface area contributed by atoms with Gasteiger partial charge in [0.05, 0.1) is 12.1 Å². The predicted octanol–water partition coefficient (Wildman–Crippen LogP) is 3.49. The highest BCUT2D eigenvalue weighted by atomic mass is 35.5. The number of carbonyl (C=O) groups is 2.